The molecule has 5 aromatic rings. The minimum Gasteiger partial charge on any atom is -0.494 e. The number of furan rings is 1. The van der Waals surface area contributed by atoms with E-state index in [9.17, 15) is 18.0 Å². The molecule has 0 unspecified atom stereocenters. The molecule has 9 nitrogen and oxygen atoms in total. The van der Waals surface area contributed by atoms with E-state index in [1.807, 2.05) is 55.0 Å². The Hall–Kier alpha value is -4.54. The first-order chi connectivity index (χ1) is 20.6. The largest absolute Gasteiger partial charge is 0.494 e. The molecule has 0 spiro atoms. The lowest BCUT2D eigenvalue weighted by Crippen LogP contribution is -2.30. The number of nitrogens with one attached hydrogen (secondary N) is 3. The van der Waals surface area contributed by atoms with Gasteiger partial charge in [-0.25, -0.2) is 13.1 Å². The van der Waals surface area contributed by atoms with Gasteiger partial charge in [0.15, 0.2) is 5.76 Å². The van der Waals surface area contributed by atoms with Gasteiger partial charge in [0.25, 0.3) is 15.9 Å². The number of benzene rings is 3. The number of hydrogen-bond donors (Lipinski definition) is 3. The number of halogens is 1. The fourth-order valence-electron chi connectivity index (χ4n) is 4.76. The number of carbonyl (C=O) groups excluding carboxylic acids is 2. The van der Waals surface area contributed by atoms with Crippen molar-refractivity contribution >= 4 is 44.3 Å². The maximum atomic E-state index is 13.3. The molecule has 0 radical (unpaired) electrons. The molecule has 0 aliphatic heterocycles. The molecule has 3 aromatic carbocycles. The van der Waals surface area contributed by atoms with Crippen LogP contribution < -0.4 is 14.8 Å². The maximum absolute atomic E-state index is 13.3. The maximum Gasteiger partial charge on any atom is 0.300 e. The number of aromatic amines is 1. The third-order valence-corrected chi connectivity index (χ3v) is 8.82. The Balaban J connectivity index is 1.22. The summed E-state index contributed by atoms with van der Waals surface area (Å²) in [4.78, 5) is 29.0. The third kappa shape index (κ3) is 6.93. The van der Waals surface area contributed by atoms with Crippen LogP contribution in [0.3, 0.4) is 0 Å². The predicted octanol–water partition coefficient (Wildman–Crippen LogP) is 6.09. The highest BCUT2D eigenvalue weighted by Crippen LogP contribution is 2.27. The van der Waals surface area contributed by atoms with Gasteiger partial charge in [0.2, 0.25) is 0 Å². The van der Waals surface area contributed by atoms with Crippen molar-refractivity contribution in [2.24, 2.45) is 0 Å². The fraction of sp³-hybridized carbons (Fsp3) is 0.188. The van der Waals surface area contributed by atoms with Crippen molar-refractivity contribution in [3.8, 4) is 5.75 Å². The zero-order chi connectivity index (χ0) is 30.6. The van der Waals surface area contributed by atoms with E-state index in [0.717, 1.165) is 38.4 Å². The first-order valence-corrected chi connectivity index (χ1v) is 15.5. The van der Waals surface area contributed by atoms with Crippen molar-refractivity contribution in [2.45, 2.75) is 38.1 Å². The van der Waals surface area contributed by atoms with Crippen molar-refractivity contribution < 1.29 is 27.2 Å². The van der Waals surface area contributed by atoms with Gasteiger partial charge >= 0.3 is 5.91 Å². The molecule has 43 heavy (non-hydrogen) atoms. The van der Waals surface area contributed by atoms with Crippen molar-refractivity contribution in [2.75, 3.05) is 6.61 Å². The number of rotatable bonds is 11. The third-order valence-electron chi connectivity index (χ3n) is 6.88. The number of carbonyl (C=O) groups is 2. The lowest BCUT2D eigenvalue weighted by Gasteiger charge is -2.10. The topological polar surface area (TPSA) is 130 Å². The van der Waals surface area contributed by atoms with Gasteiger partial charge in [-0.05, 0) is 85.8 Å². The molecule has 0 fully saturated rings. The van der Waals surface area contributed by atoms with Gasteiger partial charge in [0.1, 0.15) is 17.2 Å². The minimum atomic E-state index is -4.06. The summed E-state index contributed by atoms with van der Waals surface area (Å²) in [5, 5.41) is 4.49. The first-order valence-electron chi connectivity index (χ1n) is 13.6. The van der Waals surface area contributed by atoms with Gasteiger partial charge in [-0.3, -0.25) is 9.59 Å². The molecule has 0 aliphatic rings. The van der Waals surface area contributed by atoms with E-state index in [2.05, 4.69) is 10.3 Å². The Labute approximate surface area is 254 Å². The molecule has 11 heteroatoms. The first kappa shape index (κ1) is 29.9. The van der Waals surface area contributed by atoms with Gasteiger partial charge in [-0.2, -0.15) is 0 Å². The molecule has 0 saturated carbocycles. The number of H-pyrrole nitrogens is 1. The molecule has 2 amide bonds. The summed E-state index contributed by atoms with van der Waals surface area (Å²) in [6.45, 7) is 4.32. The molecular weight excluding hydrogens is 590 g/mol. The highest BCUT2D eigenvalue weighted by Gasteiger charge is 2.22. The van der Waals surface area contributed by atoms with Gasteiger partial charge in [0.05, 0.1) is 18.0 Å². The fourth-order valence-corrected chi connectivity index (χ4v) is 5.85. The van der Waals surface area contributed by atoms with Crippen molar-refractivity contribution in [3.05, 3.63) is 118 Å². The number of hydrogen-bond acceptors (Lipinski definition) is 6. The van der Waals surface area contributed by atoms with Crippen LogP contribution in [0.4, 0.5) is 0 Å². The van der Waals surface area contributed by atoms with Gasteiger partial charge in [0, 0.05) is 15.9 Å². The van der Waals surface area contributed by atoms with Crippen LogP contribution in [0, 0.1) is 13.8 Å². The number of ether oxygens (including phenoxy) is 1. The Kier molecular flexibility index (Phi) is 8.89. The summed E-state index contributed by atoms with van der Waals surface area (Å²) >= 11 is 6.26. The van der Waals surface area contributed by atoms with Crippen LogP contribution in [0.25, 0.3) is 10.9 Å². The summed E-state index contributed by atoms with van der Waals surface area (Å²) in [6, 6.07) is 21.9. The summed E-state index contributed by atoms with van der Waals surface area (Å²) in [5.41, 5.74) is 4.04. The number of fused-ring (bicyclic) bond motifs is 1. The van der Waals surface area contributed by atoms with Crippen LogP contribution in [0.15, 0.2) is 88.2 Å². The summed E-state index contributed by atoms with van der Waals surface area (Å²) in [6.07, 6.45) is 1.27. The Morgan fingerprint density at radius 2 is 1.63 bits per heavy atom. The van der Waals surface area contributed by atoms with E-state index in [1.165, 1.54) is 24.3 Å². The van der Waals surface area contributed by atoms with Gasteiger partial charge in [-0.15, -0.1) is 0 Å². The van der Waals surface area contributed by atoms with Gasteiger partial charge in [-0.1, -0.05) is 48.0 Å². The average Bonchev–Trinajstić information content (AvgIpc) is 3.62. The monoisotopic (exact) mass is 619 g/mol. The second-order valence-electron chi connectivity index (χ2n) is 10.0. The lowest BCUT2D eigenvalue weighted by molar-refractivity contribution is 0.0942. The Bertz CT molecular complexity index is 1870. The van der Waals surface area contributed by atoms with Crippen LogP contribution in [0.5, 0.6) is 5.75 Å². The molecule has 3 N–H and O–H groups in total. The normalized spacial score (nSPS) is 11.4. The van der Waals surface area contributed by atoms with Gasteiger partial charge < -0.3 is 19.5 Å². The second kappa shape index (κ2) is 12.8. The van der Waals surface area contributed by atoms with Crippen LogP contribution >= 0.6 is 11.6 Å². The van der Waals surface area contributed by atoms with Crippen LogP contribution in [0.2, 0.25) is 5.02 Å². The molecule has 5 rings (SSSR count). The van der Waals surface area contributed by atoms with Crippen LogP contribution in [-0.4, -0.2) is 31.8 Å². The van der Waals surface area contributed by atoms with Crippen molar-refractivity contribution in [1.29, 1.82) is 0 Å². The number of aryl methyl sites for hydroxylation is 3. The van der Waals surface area contributed by atoms with E-state index >= 15 is 0 Å². The summed E-state index contributed by atoms with van der Waals surface area (Å²) in [7, 11) is -4.06. The standard InChI is InChI=1S/C32H30ClN3O6S/c1-20-17-23(18-21(2)29(20)33)41-16-8-12-26-25-11-6-7-13-27(25)35-30(26)32(38)34-19-22-14-15-28(42-22)31(37)36-43(39,40)24-9-4-3-5-10-24/h3-7,9-11,13-15,17-18,35H,8,12,16,19H2,1-2H3,(H,34,38)(H,36,37). The van der Waals surface area contributed by atoms with Crippen LogP contribution in [-0.2, 0) is 23.0 Å². The number of sulfonamides is 1. The Morgan fingerprint density at radius 3 is 2.37 bits per heavy atom. The van der Waals surface area contributed by atoms with E-state index in [-0.39, 0.29) is 28.9 Å². The van der Waals surface area contributed by atoms with Crippen molar-refractivity contribution in [3.63, 3.8) is 0 Å². The molecule has 0 bridgehead atoms. The number of para-hydroxylation sites is 1. The number of amides is 2. The van der Waals surface area contributed by atoms with Crippen molar-refractivity contribution in [1.82, 2.24) is 15.0 Å². The molecule has 0 atom stereocenters. The molecular formula is C32H30ClN3O6S. The molecule has 2 heterocycles. The SMILES string of the molecule is Cc1cc(OCCCc2c(C(=O)NCc3ccc(C(=O)NS(=O)(=O)c4ccccc4)o3)[nH]c3ccccc23)cc(C)c1Cl. The Morgan fingerprint density at radius 1 is 0.930 bits per heavy atom. The smallest absolute Gasteiger partial charge is 0.300 e. The van der Waals surface area contributed by atoms with E-state index in [4.69, 9.17) is 20.8 Å². The molecule has 0 saturated heterocycles. The van der Waals surface area contributed by atoms with Crippen LogP contribution in [0.1, 0.15) is 49.9 Å². The quantitative estimate of drug-likeness (QED) is 0.153. The number of aromatic nitrogens is 1. The van der Waals surface area contributed by atoms with E-state index in [0.29, 0.717) is 25.1 Å². The summed E-state index contributed by atoms with van der Waals surface area (Å²) < 4.78 is 38.4. The van der Waals surface area contributed by atoms with E-state index < -0.39 is 15.9 Å². The zero-order valence-electron chi connectivity index (χ0n) is 23.6. The second-order valence-corrected chi connectivity index (χ2v) is 12.1. The predicted molar refractivity (Wildman–Crippen MR) is 164 cm³/mol. The molecule has 222 valence electrons. The lowest BCUT2D eigenvalue weighted by atomic mass is 10.1. The highest BCUT2D eigenvalue weighted by atomic mass is 35.5. The average molecular weight is 620 g/mol. The summed E-state index contributed by atoms with van der Waals surface area (Å²) in [5.74, 6) is -0.410. The zero-order valence-corrected chi connectivity index (χ0v) is 25.1. The highest BCUT2D eigenvalue weighted by molar-refractivity contribution is 7.90. The molecule has 0 aliphatic carbocycles. The minimum absolute atomic E-state index is 0.00919. The molecule has 2 aromatic heterocycles. The van der Waals surface area contributed by atoms with E-state index in [1.54, 1.807) is 18.2 Å².